The lowest BCUT2D eigenvalue weighted by Gasteiger charge is -2.30. The van der Waals surface area contributed by atoms with Gasteiger partial charge in [0.05, 0.1) is 114 Å². The quantitative estimate of drug-likeness (QED) is 0.0386. The van der Waals surface area contributed by atoms with Crippen molar-refractivity contribution < 1.29 is 84.3 Å². The van der Waals surface area contributed by atoms with Crippen LogP contribution < -0.4 is 16.0 Å². The van der Waals surface area contributed by atoms with Crippen molar-refractivity contribution >= 4 is 80.3 Å². The molecule has 1 aromatic carbocycles. The molecule has 119 heavy (non-hydrogen) atoms. The van der Waals surface area contributed by atoms with Crippen LogP contribution in [-0.2, 0) is 62.2 Å². The molecular weight excluding hydrogens is 1620 g/mol. The third kappa shape index (κ3) is 22.4. The van der Waals surface area contributed by atoms with Crippen LogP contribution in [0.5, 0.6) is 0 Å². The van der Waals surface area contributed by atoms with Crippen molar-refractivity contribution in [3.8, 4) is 0 Å². The van der Waals surface area contributed by atoms with Crippen molar-refractivity contribution in [2.45, 2.75) is 248 Å². The molecule has 0 unspecified atom stereocenters. The Labute approximate surface area is 687 Å². The maximum atomic E-state index is 13.1. The fourth-order valence-electron chi connectivity index (χ4n) is 15.7. The fourth-order valence-corrected chi connectivity index (χ4v) is 18.3. The maximum Gasteiger partial charge on any atom is 0.391 e. The second-order valence-corrected chi connectivity index (χ2v) is 38.2. The summed E-state index contributed by atoms with van der Waals surface area (Å²) in [5.41, 5.74) is 9.43. The third-order valence-corrected chi connectivity index (χ3v) is 28.4. The van der Waals surface area contributed by atoms with Gasteiger partial charge in [-0.2, -0.15) is 54.8 Å². The number of carbonyl (C=O) groups is 3. The van der Waals surface area contributed by atoms with Crippen molar-refractivity contribution in [2.24, 2.45) is 35.5 Å². The van der Waals surface area contributed by atoms with Crippen molar-refractivity contribution in [1.29, 1.82) is 0 Å². The first-order valence-electron chi connectivity index (χ1n) is 39.6. The van der Waals surface area contributed by atoms with Crippen LogP contribution in [0.25, 0.3) is 33.1 Å². The van der Waals surface area contributed by atoms with Gasteiger partial charge in [-0.15, -0.1) is 0 Å². The molecule has 4 N–H and O–H groups in total. The van der Waals surface area contributed by atoms with E-state index in [4.69, 9.17) is 15.3 Å². The number of pyridine rings is 5. The highest BCUT2D eigenvalue weighted by atomic mass is 32.2. The Hall–Kier alpha value is -9.03. The highest BCUT2D eigenvalue weighted by Gasteiger charge is 2.45. The molecule has 6 fully saturated rings. The molecule has 9 aromatic rings. The van der Waals surface area contributed by atoms with Crippen LogP contribution in [0.4, 0.5) is 39.5 Å². The Balaban J connectivity index is 0.000000185. The molecule has 15 rings (SSSR count). The van der Waals surface area contributed by atoms with Crippen LogP contribution in [0.3, 0.4) is 0 Å². The van der Waals surface area contributed by atoms with Crippen LogP contribution in [0, 0.1) is 35.5 Å². The Morgan fingerprint density at radius 1 is 0.420 bits per heavy atom. The van der Waals surface area contributed by atoms with Crippen LogP contribution in [0.15, 0.2) is 112 Å². The molecule has 0 bridgehead atoms. The second kappa shape index (κ2) is 37.9. The smallest absolute Gasteiger partial charge is 0.391 e. The van der Waals surface area contributed by atoms with Gasteiger partial charge in [-0.05, 0) is 193 Å². The minimum Gasteiger partial charge on any atom is -0.394 e. The van der Waals surface area contributed by atoms with E-state index >= 15 is 0 Å². The summed E-state index contributed by atoms with van der Waals surface area (Å²) < 4.78 is 195. The predicted molar refractivity (Wildman–Crippen MR) is 431 cm³/mol. The summed E-state index contributed by atoms with van der Waals surface area (Å²) >= 11 is 0. The number of alkyl halides is 9. The number of rotatable bonds is 25. The molecule has 3 amide bonds. The number of nitrogens with zero attached hydrogens (tertiary/aromatic N) is 11. The number of aromatic nitrogens is 11. The van der Waals surface area contributed by atoms with E-state index in [0.29, 0.717) is 120 Å². The lowest BCUT2D eigenvalue weighted by molar-refractivity contribution is -0.184. The van der Waals surface area contributed by atoms with Crippen LogP contribution in [-0.4, -0.2) is 145 Å². The van der Waals surface area contributed by atoms with E-state index in [9.17, 15) is 84.3 Å². The standard InChI is InChI=1S/C27H32F3N5O4S.C27H31F3N4O3S.C26H30F3N5O3S.3CH4/c1-2-40(38,39)20-9-10-21(31-13-20)23(15-36)33-26(37)18-11-22-24(32-12-18)25(17-5-6-17)35(34-22)14-16-3-7-19(8-4-16)27(28,29)30;1-2-38(36,37)22-11-5-17(6-12-22)14-32-26(35)20-13-23-24(31-15-20)25(19-7-8-19)34(33-23)16-18-3-9-21(10-4-18)27(28,29)30;1-2-38(36,37)21-10-9-20(30-14-21)13-32-25(35)18-11-22-23(31-12-18)24(17-5-6-17)34(33-22)15-16-3-7-19(8-4-16)26(27,28)29;;;/h9-13,16-17,19,23,36H,2-8,14-15H2,1H3,(H,33,37);5-6,11-13,15,18-19,21H,2-4,7-10,14,16H2,1H3,(H,32,35);9-12,14,16-17,19H,2-8,13,15H2,1H3,(H,32,35);3*1H4/t16?,19?,23-;;;;;/m0...../s1. The third-order valence-electron chi connectivity index (χ3n) is 23.2. The lowest BCUT2D eigenvalue weighted by Crippen LogP contribution is -2.31. The number of benzene rings is 1. The van der Waals surface area contributed by atoms with Crippen molar-refractivity contribution in [3.05, 3.63) is 148 Å². The minimum absolute atomic E-state index is 0. The number of nitrogens with one attached hydrogen (secondary N) is 3. The molecule has 36 heteroatoms. The molecular formula is C83H105F9N14O10S3. The maximum absolute atomic E-state index is 13.1. The van der Waals surface area contributed by atoms with Gasteiger partial charge in [0.1, 0.15) is 33.1 Å². The van der Waals surface area contributed by atoms with Crippen molar-refractivity contribution in [2.75, 3.05) is 23.9 Å². The molecule has 0 radical (unpaired) electrons. The van der Waals surface area contributed by atoms with Crippen molar-refractivity contribution in [1.82, 2.24) is 70.2 Å². The zero-order valence-corrected chi connectivity index (χ0v) is 66.7. The molecule has 6 aliphatic carbocycles. The number of hydrogen-bond donors (Lipinski definition) is 4. The molecule has 648 valence electrons. The van der Waals surface area contributed by atoms with E-state index in [1.807, 2.05) is 14.0 Å². The molecule has 0 spiro atoms. The minimum atomic E-state index is -4.14. The van der Waals surface area contributed by atoms with Gasteiger partial charge in [0.15, 0.2) is 29.5 Å². The SMILES string of the molecule is C.C.C.CCS(=O)(=O)c1ccc(CNC(=O)c2cnc3c(C4CC4)n(CC4CCC(C(F)(F)F)CC4)nc3c2)cc1.CCS(=O)(=O)c1ccc(CNC(=O)c2cnc3c(C4CC4)n(CC4CCC(C(F)(F)F)CC4)nc3c2)nc1.CCS(=O)(=O)c1ccc([C@H](CO)NC(=O)c2cnc3c(C4CC4)n(CC4CCC(C(F)(F)F)CC4)nc3c2)nc1. The summed E-state index contributed by atoms with van der Waals surface area (Å²) in [5.74, 6) is -3.54. The molecule has 0 aliphatic heterocycles. The number of halogens is 9. The Morgan fingerprint density at radius 3 is 1.06 bits per heavy atom. The zero-order valence-electron chi connectivity index (χ0n) is 64.3. The van der Waals surface area contributed by atoms with Crippen LogP contribution >= 0.6 is 0 Å². The number of aliphatic hydroxyl groups is 1. The van der Waals surface area contributed by atoms with E-state index in [-0.39, 0.29) is 141 Å². The van der Waals surface area contributed by atoms with Crippen molar-refractivity contribution in [3.63, 3.8) is 0 Å². The number of amides is 3. The first kappa shape index (κ1) is 92.3. The van der Waals surface area contributed by atoms with E-state index in [1.54, 1.807) is 50.2 Å². The fraction of sp³-hybridized carbons (Fsp3) is 0.554. The predicted octanol–water partition coefficient (Wildman–Crippen LogP) is 16.4. The second-order valence-electron chi connectivity index (χ2n) is 31.4. The first-order chi connectivity index (χ1) is 55.1. The molecule has 0 saturated heterocycles. The molecule has 1 atom stereocenters. The summed E-state index contributed by atoms with van der Waals surface area (Å²) in [6.07, 6.45) is 4.66. The number of sulfone groups is 3. The Kier molecular flexibility index (Phi) is 29.4. The first-order valence-corrected chi connectivity index (χ1v) is 44.5. The average Bonchev–Trinajstić information content (AvgIpc) is 1.62. The summed E-state index contributed by atoms with van der Waals surface area (Å²) in [6, 6.07) is 16.5. The van der Waals surface area contributed by atoms with E-state index in [0.717, 1.165) is 72.2 Å². The highest BCUT2D eigenvalue weighted by Crippen LogP contribution is 2.48. The van der Waals surface area contributed by atoms with Crippen LogP contribution in [0.1, 0.15) is 248 Å². The van der Waals surface area contributed by atoms with Crippen LogP contribution in [0.2, 0.25) is 0 Å². The van der Waals surface area contributed by atoms with Gasteiger partial charge < -0.3 is 21.1 Å². The van der Waals surface area contributed by atoms with Gasteiger partial charge >= 0.3 is 18.5 Å². The average molecular weight is 1730 g/mol. The normalized spacial score (nSPS) is 20.1. The Morgan fingerprint density at radius 2 is 0.748 bits per heavy atom. The molecule has 24 nitrogen and oxygen atoms in total. The van der Waals surface area contributed by atoms with E-state index in [1.165, 1.54) is 68.2 Å². The molecule has 6 aliphatic rings. The highest BCUT2D eigenvalue weighted by molar-refractivity contribution is 7.92. The molecule has 8 heterocycles. The number of hydrogen-bond acceptors (Lipinski definition) is 18. The molecule has 8 aromatic heterocycles. The summed E-state index contributed by atoms with van der Waals surface area (Å²) in [6.45, 7) is 6.23. The van der Waals surface area contributed by atoms with Gasteiger partial charge in [-0.1, -0.05) is 55.2 Å². The van der Waals surface area contributed by atoms with E-state index in [2.05, 4.69) is 40.9 Å². The van der Waals surface area contributed by atoms with Gasteiger partial charge in [-0.3, -0.25) is 53.3 Å². The monoisotopic (exact) mass is 1720 g/mol. The van der Waals surface area contributed by atoms with E-state index < -0.39 is 84.4 Å². The number of aliphatic hydroxyl groups excluding tert-OH is 1. The summed E-state index contributed by atoms with van der Waals surface area (Å²) in [7, 11) is -10.1. The topological polar surface area (TPSA) is 328 Å². The Bertz CT molecular complexity index is 5160. The number of fused-ring (bicyclic) bond motifs is 3. The summed E-state index contributed by atoms with van der Waals surface area (Å²) in [4.78, 5) is 61.1. The summed E-state index contributed by atoms with van der Waals surface area (Å²) in [5, 5.41) is 32.4. The van der Waals surface area contributed by atoms with Gasteiger partial charge in [0.25, 0.3) is 17.7 Å². The number of carbonyl (C=O) groups excluding carboxylic acids is 3. The van der Waals surface area contributed by atoms with Gasteiger partial charge in [0, 0.05) is 74.9 Å². The zero-order chi connectivity index (χ0) is 82.8. The van der Waals surface area contributed by atoms with Gasteiger partial charge in [0.2, 0.25) is 0 Å². The van der Waals surface area contributed by atoms with Gasteiger partial charge in [-0.25, -0.2) is 25.3 Å². The molecule has 6 saturated carbocycles. The lowest BCUT2D eigenvalue weighted by atomic mass is 9.81. The largest absolute Gasteiger partial charge is 0.394 e.